The molecule has 1 N–H and O–H groups in total. The second-order valence-electron chi connectivity index (χ2n) is 7.50. The Hall–Kier alpha value is -2.82. The minimum atomic E-state index is 0.0633. The van der Waals surface area contributed by atoms with Crippen LogP contribution in [0.25, 0.3) is 0 Å². The van der Waals surface area contributed by atoms with Gasteiger partial charge in [0.2, 0.25) is 5.91 Å². The SMILES string of the molecule is CCC(=O)NC1CCN(c2ccccc2C(=O)N(CC)Cc2ccccc2)CC1. The van der Waals surface area contributed by atoms with Crippen molar-refractivity contribution in [1.82, 2.24) is 10.2 Å². The zero-order valence-electron chi connectivity index (χ0n) is 17.4. The number of carbonyl (C=O) groups is 2. The molecule has 0 aromatic heterocycles. The Balaban J connectivity index is 1.71. The summed E-state index contributed by atoms with van der Waals surface area (Å²) >= 11 is 0. The molecule has 1 aliphatic heterocycles. The lowest BCUT2D eigenvalue weighted by Gasteiger charge is -2.35. The lowest BCUT2D eigenvalue weighted by molar-refractivity contribution is -0.121. The van der Waals surface area contributed by atoms with Crippen molar-refractivity contribution in [2.45, 2.75) is 45.7 Å². The van der Waals surface area contributed by atoms with Gasteiger partial charge in [0.25, 0.3) is 5.91 Å². The monoisotopic (exact) mass is 393 g/mol. The summed E-state index contributed by atoms with van der Waals surface area (Å²) in [5, 5.41) is 3.09. The van der Waals surface area contributed by atoms with Crippen LogP contribution in [0.3, 0.4) is 0 Å². The maximum Gasteiger partial charge on any atom is 0.256 e. The van der Waals surface area contributed by atoms with Crippen LogP contribution in [0.4, 0.5) is 5.69 Å². The lowest BCUT2D eigenvalue weighted by atomic mass is 10.0. The van der Waals surface area contributed by atoms with Crippen LogP contribution in [0.2, 0.25) is 0 Å². The van der Waals surface area contributed by atoms with Gasteiger partial charge in [0, 0.05) is 44.3 Å². The van der Waals surface area contributed by atoms with Gasteiger partial charge in [0.05, 0.1) is 5.56 Å². The van der Waals surface area contributed by atoms with E-state index in [1.807, 2.05) is 61.2 Å². The minimum Gasteiger partial charge on any atom is -0.371 e. The fourth-order valence-corrected chi connectivity index (χ4v) is 3.83. The predicted molar refractivity (Wildman–Crippen MR) is 117 cm³/mol. The molecule has 1 saturated heterocycles. The van der Waals surface area contributed by atoms with E-state index in [4.69, 9.17) is 0 Å². The Morgan fingerprint density at radius 2 is 1.66 bits per heavy atom. The third-order valence-corrected chi connectivity index (χ3v) is 5.54. The molecule has 1 fully saturated rings. The first-order chi connectivity index (χ1) is 14.1. The summed E-state index contributed by atoms with van der Waals surface area (Å²) in [5.74, 6) is 0.173. The molecule has 1 aliphatic rings. The molecule has 0 radical (unpaired) electrons. The number of nitrogens with one attached hydrogen (secondary N) is 1. The van der Waals surface area contributed by atoms with Crippen molar-refractivity contribution in [3.05, 3.63) is 65.7 Å². The summed E-state index contributed by atoms with van der Waals surface area (Å²) in [5.41, 5.74) is 2.87. The molecule has 29 heavy (non-hydrogen) atoms. The van der Waals surface area contributed by atoms with Crippen molar-refractivity contribution in [3.63, 3.8) is 0 Å². The van der Waals surface area contributed by atoms with Crippen molar-refractivity contribution < 1.29 is 9.59 Å². The zero-order chi connectivity index (χ0) is 20.6. The molecule has 2 aromatic carbocycles. The van der Waals surface area contributed by atoms with Gasteiger partial charge in [-0.1, -0.05) is 49.4 Å². The number of hydrogen-bond acceptors (Lipinski definition) is 3. The van der Waals surface area contributed by atoms with Crippen LogP contribution in [-0.4, -0.2) is 42.4 Å². The number of piperidine rings is 1. The van der Waals surface area contributed by atoms with Gasteiger partial charge in [-0.2, -0.15) is 0 Å². The van der Waals surface area contributed by atoms with Gasteiger partial charge < -0.3 is 15.1 Å². The van der Waals surface area contributed by atoms with Crippen molar-refractivity contribution in [3.8, 4) is 0 Å². The van der Waals surface area contributed by atoms with Crippen LogP contribution in [0.15, 0.2) is 54.6 Å². The number of hydrogen-bond donors (Lipinski definition) is 1. The summed E-state index contributed by atoms with van der Waals surface area (Å²) in [6.45, 7) is 6.84. The molecule has 0 saturated carbocycles. The first kappa shape index (κ1) is 20.9. The molecule has 0 unspecified atom stereocenters. The van der Waals surface area contributed by atoms with Gasteiger partial charge in [-0.05, 0) is 37.5 Å². The molecular weight excluding hydrogens is 362 g/mol. The Morgan fingerprint density at radius 1 is 1.00 bits per heavy atom. The van der Waals surface area contributed by atoms with Crippen LogP contribution in [0.1, 0.15) is 49.0 Å². The second kappa shape index (κ2) is 10.1. The Kier molecular flexibility index (Phi) is 7.28. The van der Waals surface area contributed by atoms with Gasteiger partial charge in [0.1, 0.15) is 0 Å². The number of anilines is 1. The molecule has 1 heterocycles. The fourth-order valence-electron chi connectivity index (χ4n) is 3.83. The van der Waals surface area contributed by atoms with Crippen LogP contribution in [-0.2, 0) is 11.3 Å². The van der Waals surface area contributed by atoms with Gasteiger partial charge in [0.15, 0.2) is 0 Å². The predicted octanol–water partition coefficient (Wildman–Crippen LogP) is 3.84. The van der Waals surface area contributed by atoms with E-state index in [0.717, 1.165) is 42.7 Å². The van der Waals surface area contributed by atoms with Gasteiger partial charge in [-0.25, -0.2) is 0 Å². The van der Waals surface area contributed by atoms with Crippen molar-refractivity contribution in [2.75, 3.05) is 24.5 Å². The van der Waals surface area contributed by atoms with Crippen LogP contribution < -0.4 is 10.2 Å². The van der Waals surface area contributed by atoms with Crippen LogP contribution in [0, 0.1) is 0 Å². The molecule has 0 spiro atoms. The molecule has 3 rings (SSSR count). The highest BCUT2D eigenvalue weighted by atomic mass is 16.2. The van der Waals surface area contributed by atoms with E-state index in [1.165, 1.54) is 0 Å². The molecule has 5 nitrogen and oxygen atoms in total. The summed E-state index contributed by atoms with van der Waals surface area (Å²) in [7, 11) is 0. The molecule has 0 atom stereocenters. The van der Waals surface area contributed by atoms with E-state index >= 15 is 0 Å². The number of carbonyl (C=O) groups excluding carboxylic acids is 2. The first-order valence-corrected chi connectivity index (χ1v) is 10.6. The molecule has 2 aromatic rings. The third kappa shape index (κ3) is 5.37. The summed E-state index contributed by atoms with van der Waals surface area (Å²) in [6, 6.07) is 18.2. The molecule has 154 valence electrons. The topological polar surface area (TPSA) is 52.7 Å². The van der Waals surface area contributed by atoms with Crippen LogP contribution in [0.5, 0.6) is 0 Å². The number of benzene rings is 2. The van der Waals surface area contributed by atoms with Gasteiger partial charge in [-0.3, -0.25) is 9.59 Å². The van der Waals surface area contributed by atoms with E-state index < -0.39 is 0 Å². The summed E-state index contributed by atoms with van der Waals surface area (Å²) < 4.78 is 0. The van der Waals surface area contributed by atoms with E-state index in [1.54, 1.807) is 0 Å². The highest BCUT2D eigenvalue weighted by Gasteiger charge is 2.25. The van der Waals surface area contributed by atoms with Gasteiger partial charge in [-0.15, -0.1) is 0 Å². The van der Waals surface area contributed by atoms with E-state index in [2.05, 4.69) is 22.3 Å². The number of nitrogens with zero attached hydrogens (tertiary/aromatic N) is 2. The van der Waals surface area contributed by atoms with Crippen molar-refractivity contribution >= 4 is 17.5 Å². The highest BCUT2D eigenvalue weighted by molar-refractivity contribution is 5.99. The zero-order valence-corrected chi connectivity index (χ0v) is 17.4. The molecule has 2 amide bonds. The first-order valence-electron chi connectivity index (χ1n) is 10.6. The van der Waals surface area contributed by atoms with Crippen molar-refractivity contribution in [2.24, 2.45) is 0 Å². The van der Waals surface area contributed by atoms with E-state index in [0.29, 0.717) is 19.5 Å². The fraction of sp³-hybridized carbons (Fsp3) is 0.417. The van der Waals surface area contributed by atoms with E-state index in [-0.39, 0.29) is 17.9 Å². The largest absolute Gasteiger partial charge is 0.371 e. The highest BCUT2D eigenvalue weighted by Crippen LogP contribution is 2.26. The average Bonchev–Trinajstić information content (AvgIpc) is 2.78. The number of amides is 2. The number of rotatable bonds is 7. The second-order valence-corrected chi connectivity index (χ2v) is 7.50. The maximum atomic E-state index is 13.3. The normalized spacial score (nSPS) is 14.5. The summed E-state index contributed by atoms with van der Waals surface area (Å²) in [4.78, 5) is 29.2. The Bertz CT molecular complexity index is 814. The maximum absolute atomic E-state index is 13.3. The van der Waals surface area contributed by atoms with Crippen LogP contribution >= 0.6 is 0 Å². The lowest BCUT2D eigenvalue weighted by Crippen LogP contribution is -2.45. The smallest absolute Gasteiger partial charge is 0.256 e. The Labute approximate surface area is 173 Å². The number of para-hydroxylation sites is 1. The van der Waals surface area contributed by atoms with Gasteiger partial charge >= 0.3 is 0 Å². The average molecular weight is 394 g/mol. The minimum absolute atomic E-state index is 0.0633. The third-order valence-electron chi connectivity index (χ3n) is 5.54. The molecular formula is C24H31N3O2. The standard InChI is InChI=1S/C24H31N3O2/c1-3-23(28)25-20-14-16-27(17-15-20)22-13-9-8-12-21(22)24(29)26(4-2)18-19-10-6-5-7-11-19/h5-13,20H,3-4,14-18H2,1-2H3,(H,25,28). The quantitative estimate of drug-likeness (QED) is 0.778. The van der Waals surface area contributed by atoms with Crippen molar-refractivity contribution in [1.29, 1.82) is 0 Å². The molecule has 0 aliphatic carbocycles. The molecule has 5 heteroatoms. The van der Waals surface area contributed by atoms with E-state index in [9.17, 15) is 9.59 Å². The summed E-state index contributed by atoms with van der Waals surface area (Å²) in [6.07, 6.45) is 2.32. The Morgan fingerprint density at radius 3 is 2.31 bits per heavy atom. The molecule has 0 bridgehead atoms.